The van der Waals surface area contributed by atoms with Crippen LogP contribution in [0.15, 0.2) is 41.9 Å². The molecule has 0 N–H and O–H groups in total. The largest absolute Gasteiger partial charge is 0.337 e. The van der Waals surface area contributed by atoms with Crippen molar-refractivity contribution in [1.82, 2.24) is 19.4 Å². The second kappa shape index (κ2) is 6.06. The first-order valence-corrected chi connectivity index (χ1v) is 9.88. The number of benzene rings is 1. The summed E-state index contributed by atoms with van der Waals surface area (Å²) in [6.07, 6.45) is 2.93. The average molecular weight is 364 g/mol. The predicted octanol–water partition coefficient (Wildman–Crippen LogP) is 3.26. The highest BCUT2D eigenvalue weighted by Crippen LogP contribution is 2.35. The SMILES string of the molecule is Cc1nc(C(=O)N2C[C@@H]3Cc4ncc(-c5ccccc5)n4C[C@@H]3C2)cs1. The van der Waals surface area contributed by atoms with Crippen molar-refractivity contribution >= 4 is 17.2 Å². The van der Waals surface area contributed by atoms with Gasteiger partial charge in [0.2, 0.25) is 0 Å². The molecule has 3 aromatic rings. The van der Waals surface area contributed by atoms with Gasteiger partial charge < -0.3 is 9.47 Å². The van der Waals surface area contributed by atoms with Crippen molar-refractivity contribution in [2.24, 2.45) is 11.8 Å². The van der Waals surface area contributed by atoms with E-state index in [0.717, 1.165) is 36.9 Å². The van der Waals surface area contributed by atoms with Gasteiger partial charge in [-0.2, -0.15) is 0 Å². The van der Waals surface area contributed by atoms with Gasteiger partial charge in [0, 0.05) is 31.4 Å². The Morgan fingerprint density at radius 1 is 1.15 bits per heavy atom. The maximum atomic E-state index is 12.8. The normalized spacial score (nSPS) is 21.5. The number of nitrogens with zero attached hydrogens (tertiary/aromatic N) is 4. The Morgan fingerprint density at radius 2 is 1.96 bits per heavy atom. The van der Waals surface area contributed by atoms with Crippen LogP contribution < -0.4 is 0 Å². The first-order valence-electron chi connectivity index (χ1n) is 9.00. The highest BCUT2D eigenvalue weighted by Gasteiger charge is 2.40. The fraction of sp³-hybridized carbons (Fsp3) is 0.350. The number of carbonyl (C=O) groups is 1. The van der Waals surface area contributed by atoms with Crippen molar-refractivity contribution in [3.63, 3.8) is 0 Å². The van der Waals surface area contributed by atoms with E-state index in [1.165, 1.54) is 22.6 Å². The average Bonchev–Trinajstić information content (AvgIpc) is 3.37. The molecule has 2 aliphatic rings. The van der Waals surface area contributed by atoms with Crippen LogP contribution in [0.3, 0.4) is 0 Å². The van der Waals surface area contributed by atoms with E-state index in [0.29, 0.717) is 17.5 Å². The highest BCUT2D eigenvalue weighted by molar-refractivity contribution is 7.09. The van der Waals surface area contributed by atoms with E-state index in [2.05, 4.69) is 38.8 Å². The lowest BCUT2D eigenvalue weighted by molar-refractivity contribution is 0.0778. The molecule has 6 heteroatoms. The number of thiazole rings is 1. The first kappa shape index (κ1) is 15.8. The summed E-state index contributed by atoms with van der Waals surface area (Å²) < 4.78 is 2.34. The molecule has 1 fully saturated rings. The third kappa shape index (κ3) is 2.56. The number of amides is 1. The van der Waals surface area contributed by atoms with Crippen LogP contribution in [-0.2, 0) is 13.0 Å². The van der Waals surface area contributed by atoms with Gasteiger partial charge in [-0.3, -0.25) is 4.79 Å². The second-order valence-corrected chi connectivity index (χ2v) is 8.28. The lowest BCUT2D eigenvalue weighted by Gasteiger charge is -2.26. The summed E-state index contributed by atoms with van der Waals surface area (Å²) in [5, 5.41) is 2.82. The number of hydrogen-bond acceptors (Lipinski definition) is 4. The number of likely N-dealkylation sites (tertiary alicyclic amines) is 1. The van der Waals surface area contributed by atoms with Gasteiger partial charge in [-0.05, 0) is 24.3 Å². The standard InChI is InChI=1S/C20H20N4OS/c1-13-22-17(12-26-13)20(25)23-9-15-7-19-21-8-18(14-5-3-2-4-6-14)24(19)11-16(15)10-23/h2-6,8,12,15-16H,7,9-11H2,1H3/t15-,16-/m0/s1. The van der Waals surface area contributed by atoms with Gasteiger partial charge in [0.1, 0.15) is 11.5 Å². The number of fused-ring (bicyclic) bond motifs is 2. The summed E-state index contributed by atoms with van der Waals surface area (Å²) in [6, 6.07) is 10.4. The molecule has 4 heterocycles. The zero-order chi connectivity index (χ0) is 17.7. The molecule has 1 saturated heterocycles. The van der Waals surface area contributed by atoms with Crippen LogP contribution in [0.5, 0.6) is 0 Å². The van der Waals surface area contributed by atoms with Crippen LogP contribution in [0.1, 0.15) is 21.3 Å². The molecular weight excluding hydrogens is 344 g/mol. The van der Waals surface area contributed by atoms with Gasteiger partial charge in [-0.25, -0.2) is 9.97 Å². The lowest BCUT2D eigenvalue weighted by atomic mass is 9.89. The van der Waals surface area contributed by atoms with E-state index in [-0.39, 0.29) is 5.91 Å². The maximum absolute atomic E-state index is 12.8. The van der Waals surface area contributed by atoms with Gasteiger partial charge in [-0.1, -0.05) is 30.3 Å². The van der Waals surface area contributed by atoms with Crippen molar-refractivity contribution in [1.29, 1.82) is 0 Å². The third-order valence-corrected chi connectivity index (χ3v) is 6.34. The van der Waals surface area contributed by atoms with Crippen molar-refractivity contribution in [3.8, 4) is 11.3 Å². The predicted molar refractivity (Wildman–Crippen MR) is 101 cm³/mol. The van der Waals surface area contributed by atoms with E-state index in [1.807, 2.05) is 29.5 Å². The molecule has 26 heavy (non-hydrogen) atoms. The van der Waals surface area contributed by atoms with Crippen LogP contribution in [0.25, 0.3) is 11.3 Å². The van der Waals surface area contributed by atoms with E-state index in [9.17, 15) is 4.79 Å². The minimum atomic E-state index is 0.0738. The van der Waals surface area contributed by atoms with Crippen molar-refractivity contribution in [2.75, 3.05) is 13.1 Å². The molecule has 2 atom stereocenters. The Morgan fingerprint density at radius 3 is 2.73 bits per heavy atom. The second-order valence-electron chi connectivity index (χ2n) is 7.22. The molecule has 0 saturated carbocycles. The highest BCUT2D eigenvalue weighted by atomic mass is 32.1. The smallest absolute Gasteiger partial charge is 0.273 e. The number of aromatic nitrogens is 3. The third-order valence-electron chi connectivity index (χ3n) is 5.57. The van der Waals surface area contributed by atoms with Gasteiger partial charge in [0.15, 0.2) is 0 Å². The summed E-state index contributed by atoms with van der Waals surface area (Å²) in [5.41, 5.74) is 2.97. The Balaban J connectivity index is 1.38. The van der Waals surface area contributed by atoms with E-state index < -0.39 is 0 Å². The molecule has 0 unspecified atom stereocenters. The molecule has 0 bridgehead atoms. The molecule has 5 rings (SSSR count). The van der Waals surface area contributed by atoms with E-state index in [4.69, 9.17) is 0 Å². The van der Waals surface area contributed by atoms with E-state index >= 15 is 0 Å². The molecule has 132 valence electrons. The van der Waals surface area contributed by atoms with Gasteiger partial charge in [0.05, 0.1) is 16.9 Å². The van der Waals surface area contributed by atoms with Crippen LogP contribution in [-0.4, -0.2) is 38.4 Å². The minimum Gasteiger partial charge on any atom is -0.337 e. The summed E-state index contributed by atoms with van der Waals surface area (Å²) in [4.78, 5) is 23.8. The lowest BCUT2D eigenvalue weighted by Crippen LogP contribution is -2.29. The number of hydrogen-bond donors (Lipinski definition) is 0. The number of aryl methyl sites for hydroxylation is 1. The fourth-order valence-electron chi connectivity index (χ4n) is 4.26. The Hall–Kier alpha value is -2.47. The van der Waals surface area contributed by atoms with Crippen LogP contribution in [0, 0.1) is 18.8 Å². The Labute approximate surface area is 156 Å². The summed E-state index contributed by atoms with van der Waals surface area (Å²) >= 11 is 1.53. The summed E-state index contributed by atoms with van der Waals surface area (Å²) in [7, 11) is 0. The molecule has 1 aromatic carbocycles. The molecular formula is C20H20N4OS. The molecule has 0 radical (unpaired) electrons. The van der Waals surface area contributed by atoms with E-state index in [1.54, 1.807) is 0 Å². The first-order chi connectivity index (χ1) is 12.7. The monoisotopic (exact) mass is 364 g/mol. The Kier molecular flexibility index (Phi) is 3.67. The van der Waals surface area contributed by atoms with Crippen LogP contribution in [0.2, 0.25) is 0 Å². The maximum Gasteiger partial charge on any atom is 0.273 e. The van der Waals surface area contributed by atoms with Gasteiger partial charge in [-0.15, -0.1) is 11.3 Å². The zero-order valence-corrected chi connectivity index (χ0v) is 15.4. The molecule has 5 nitrogen and oxygen atoms in total. The number of carbonyl (C=O) groups excluding carboxylic acids is 1. The van der Waals surface area contributed by atoms with Gasteiger partial charge in [0.25, 0.3) is 5.91 Å². The van der Waals surface area contributed by atoms with Crippen LogP contribution in [0.4, 0.5) is 0 Å². The molecule has 2 aromatic heterocycles. The molecule has 0 aliphatic carbocycles. The summed E-state index contributed by atoms with van der Waals surface area (Å²) in [6.45, 7) is 4.50. The van der Waals surface area contributed by atoms with Crippen molar-refractivity contribution < 1.29 is 4.79 Å². The van der Waals surface area contributed by atoms with Crippen molar-refractivity contribution in [3.05, 3.63) is 58.4 Å². The topological polar surface area (TPSA) is 51.0 Å². The zero-order valence-electron chi connectivity index (χ0n) is 14.6. The molecule has 2 aliphatic heterocycles. The quantitative estimate of drug-likeness (QED) is 0.701. The Bertz CT molecular complexity index is 961. The van der Waals surface area contributed by atoms with Crippen molar-refractivity contribution in [2.45, 2.75) is 19.9 Å². The van der Waals surface area contributed by atoms with Crippen LogP contribution >= 0.6 is 11.3 Å². The molecule has 0 spiro atoms. The fourth-order valence-corrected chi connectivity index (χ4v) is 4.84. The van der Waals surface area contributed by atoms with Gasteiger partial charge >= 0.3 is 0 Å². The number of rotatable bonds is 2. The molecule has 1 amide bonds. The minimum absolute atomic E-state index is 0.0738. The summed E-state index contributed by atoms with van der Waals surface area (Å²) in [5.74, 6) is 2.20. The number of imidazole rings is 1.